The second kappa shape index (κ2) is 11.2. The summed E-state index contributed by atoms with van der Waals surface area (Å²) in [5, 5.41) is 4.13. The number of para-hydroxylation sites is 1. The van der Waals surface area contributed by atoms with E-state index in [9.17, 15) is 4.79 Å². The third kappa shape index (κ3) is 5.74. The predicted molar refractivity (Wildman–Crippen MR) is 142 cm³/mol. The van der Waals surface area contributed by atoms with E-state index in [-0.39, 0.29) is 12.5 Å². The molecule has 190 valence electrons. The fourth-order valence-corrected chi connectivity index (χ4v) is 4.27. The lowest BCUT2D eigenvalue weighted by Crippen LogP contribution is -2.50. The van der Waals surface area contributed by atoms with Crippen molar-refractivity contribution in [3.63, 3.8) is 0 Å². The highest BCUT2D eigenvalue weighted by atomic mass is 16.5. The van der Waals surface area contributed by atoms with Crippen LogP contribution >= 0.6 is 0 Å². The number of benzene rings is 3. The third-order valence-corrected chi connectivity index (χ3v) is 6.33. The zero-order chi connectivity index (χ0) is 25.6. The molecule has 5 rings (SSSR count). The van der Waals surface area contributed by atoms with Crippen molar-refractivity contribution in [1.82, 2.24) is 15.0 Å². The first kappa shape index (κ1) is 24.4. The number of hydrogen-bond donors (Lipinski definition) is 0. The molecule has 1 aliphatic heterocycles. The van der Waals surface area contributed by atoms with Crippen molar-refractivity contribution in [1.29, 1.82) is 0 Å². The molecule has 0 aliphatic carbocycles. The maximum absolute atomic E-state index is 12.8. The zero-order valence-electron chi connectivity index (χ0n) is 21.1. The van der Waals surface area contributed by atoms with E-state index in [4.69, 9.17) is 14.0 Å². The molecule has 3 aromatic carbocycles. The Hall–Kier alpha value is -4.33. The largest absolute Gasteiger partial charge is 0.490 e. The summed E-state index contributed by atoms with van der Waals surface area (Å²) >= 11 is 0. The molecule has 1 amide bonds. The number of carbonyl (C=O) groups is 1. The molecular formula is C29H30N4O4. The Kier molecular flexibility index (Phi) is 7.35. The number of rotatable bonds is 8. The highest BCUT2D eigenvalue weighted by Crippen LogP contribution is 2.33. The molecule has 8 heteroatoms. The molecule has 2 heterocycles. The fourth-order valence-electron chi connectivity index (χ4n) is 4.27. The summed E-state index contributed by atoms with van der Waals surface area (Å²) in [5.74, 6) is 1.90. The van der Waals surface area contributed by atoms with Gasteiger partial charge in [-0.05, 0) is 56.3 Å². The summed E-state index contributed by atoms with van der Waals surface area (Å²) in [6, 6.07) is 23.6. The molecule has 0 saturated carbocycles. The molecule has 0 atom stereocenters. The summed E-state index contributed by atoms with van der Waals surface area (Å²) in [6.45, 7) is 7.25. The topological polar surface area (TPSA) is 80.9 Å². The number of piperazine rings is 1. The van der Waals surface area contributed by atoms with Gasteiger partial charge in [-0.2, -0.15) is 4.98 Å². The SMILES string of the molecule is CCOc1cc(-c2noc(-c3ccc(C)cc3)n2)ccc1OCC(=O)N1CCN(c2ccccc2)CC1. The van der Waals surface area contributed by atoms with E-state index in [0.29, 0.717) is 42.9 Å². The summed E-state index contributed by atoms with van der Waals surface area (Å²) < 4.78 is 17.2. The Morgan fingerprint density at radius 1 is 0.892 bits per heavy atom. The van der Waals surface area contributed by atoms with E-state index in [0.717, 1.165) is 29.8 Å². The fraction of sp³-hybridized carbons (Fsp3) is 0.276. The first-order valence-electron chi connectivity index (χ1n) is 12.5. The lowest BCUT2D eigenvalue weighted by molar-refractivity contribution is -0.133. The Bertz CT molecular complexity index is 1330. The number of amides is 1. The lowest BCUT2D eigenvalue weighted by Gasteiger charge is -2.36. The smallest absolute Gasteiger partial charge is 0.260 e. The molecule has 0 radical (unpaired) electrons. The van der Waals surface area contributed by atoms with Gasteiger partial charge in [0.1, 0.15) is 0 Å². The summed E-state index contributed by atoms with van der Waals surface area (Å²) in [6.07, 6.45) is 0. The van der Waals surface area contributed by atoms with Gasteiger partial charge in [-0.25, -0.2) is 0 Å². The summed E-state index contributed by atoms with van der Waals surface area (Å²) in [4.78, 5) is 21.5. The molecule has 0 bridgehead atoms. The van der Waals surface area contributed by atoms with Crippen molar-refractivity contribution in [2.24, 2.45) is 0 Å². The number of aryl methyl sites for hydroxylation is 1. The minimum atomic E-state index is -0.0511. The van der Waals surface area contributed by atoms with E-state index < -0.39 is 0 Å². The van der Waals surface area contributed by atoms with Gasteiger partial charge in [0.15, 0.2) is 18.1 Å². The van der Waals surface area contributed by atoms with Gasteiger partial charge in [0.25, 0.3) is 11.8 Å². The number of nitrogens with zero attached hydrogens (tertiary/aromatic N) is 4. The van der Waals surface area contributed by atoms with Gasteiger partial charge in [-0.1, -0.05) is 41.1 Å². The first-order chi connectivity index (χ1) is 18.1. The zero-order valence-corrected chi connectivity index (χ0v) is 21.1. The van der Waals surface area contributed by atoms with Crippen molar-refractivity contribution in [3.8, 4) is 34.3 Å². The minimum absolute atomic E-state index is 0.0415. The Labute approximate surface area is 216 Å². The average molecular weight is 499 g/mol. The van der Waals surface area contributed by atoms with Gasteiger partial charge >= 0.3 is 0 Å². The molecular weight excluding hydrogens is 468 g/mol. The van der Waals surface area contributed by atoms with Crippen molar-refractivity contribution < 1.29 is 18.8 Å². The third-order valence-electron chi connectivity index (χ3n) is 6.33. The Morgan fingerprint density at radius 3 is 2.35 bits per heavy atom. The number of aromatic nitrogens is 2. The second-order valence-corrected chi connectivity index (χ2v) is 8.88. The number of carbonyl (C=O) groups excluding carboxylic acids is 1. The van der Waals surface area contributed by atoms with Crippen LogP contribution in [-0.2, 0) is 4.79 Å². The van der Waals surface area contributed by atoms with Crippen LogP contribution in [0.4, 0.5) is 5.69 Å². The van der Waals surface area contributed by atoms with Crippen molar-refractivity contribution >= 4 is 11.6 Å². The highest BCUT2D eigenvalue weighted by molar-refractivity contribution is 5.78. The molecule has 0 N–H and O–H groups in total. The maximum Gasteiger partial charge on any atom is 0.260 e. The molecule has 1 saturated heterocycles. The monoisotopic (exact) mass is 498 g/mol. The lowest BCUT2D eigenvalue weighted by atomic mass is 10.1. The molecule has 0 unspecified atom stereocenters. The Balaban J connectivity index is 1.22. The van der Waals surface area contributed by atoms with E-state index >= 15 is 0 Å². The van der Waals surface area contributed by atoms with Gasteiger partial charge < -0.3 is 23.8 Å². The molecule has 1 aliphatic rings. The van der Waals surface area contributed by atoms with Crippen LogP contribution in [0, 0.1) is 6.92 Å². The van der Waals surface area contributed by atoms with Crippen molar-refractivity contribution in [2.75, 3.05) is 44.3 Å². The van der Waals surface area contributed by atoms with E-state index in [1.165, 1.54) is 5.69 Å². The Morgan fingerprint density at radius 2 is 1.62 bits per heavy atom. The van der Waals surface area contributed by atoms with Gasteiger partial charge in [0.2, 0.25) is 5.82 Å². The maximum atomic E-state index is 12.8. The molecule has 4 aromatic rings. The normalized spacial score (nSPS) is 13.5. The van der Waals surface area contributed by atoms with E-state index in [1.807, 2.05) is 73.3 Å². The van der Waals surface area contributed by atoms with Crippen LogP contribution in [0.15, 0.2) is 77.3 Å². The van der Waals surface area contributed by atoms with Gasteiger partial charge in [0.05, 0.1) is 6.61 Å². The summed E-state index contributed by atoms with van der Waals surface area (Å²) in [5.41, 5.74) is 3.94. The van der Waals surface area contributed by atoms with Gasteiger partial charge in [-0.3, -0.25) is 4.79 Å². The molecule has 37 heavy (non-hydrogen) atoms. The highest BCUT2D eigenvalue weighted by Gasteiger charge is 2.22. The van der Waals surface area contributed by atoms with Crippen LogP contribution in [0.1, 0.15) is 12.5 Å². The van der Waals surface area contributed by atoms with Gasteiger partial charge in [0, 0.05) is 43.0 Å². The predicted octanol–water partition coefficient (Wildman–Crippen LogP) is 4.84. The van der Waals surface area contributed by atoms with Crippen LogP contribution in [0.5, 0.6) is 11.5 Å². The van der Waals surface area contributed by atoms with Crippen LogP contribution in [0.3, 0.4) is 0 Å². The van der Waals surface area contributed by atoms with Crippen LogP contribution in [-0.4, -0.2) is 60.3 Å². The van der Waals surface area contributed by atoms with E-state index in [1.54, 1.807) is 6.07 Å². The van der Waals surface area contributed by atoms with Crippen molar-refractivity contribution in [3.05, 3.63) is 78.4 Å². The minimum Gasteiger partial charge on any atom is -0.490 e. The first-order valence-corrected chi connectivity index (χ1v) is 12.5. The van der Waals surface area contributed by atoms with Crippen LogP contribution in [0.2, 0.25) is 0 Å². The molecule has 1 fully saturated rings. The van der Waals surface area contributed by atoms with Gasteiger partial charge in [-0.15, -0.1) is 0 Å². The van der Waals surface area contributed by atoms with Crippen molar-refractivity contribution in [2.45, 2.75) is 13.8 Å². The second-order valence-electron chi connectivity index (χ2n) is 8.88. The number of hydrogen-bond acceptors (Lipinski definition) is 7. The standard InChI is InChI=1S/C29H30N4O4/c1-3-35-26-19-23(28-30-29(37-31-28)22-11-9-21(2)10-12-22)13-14-25(26)36-20-27(34)33-17-15-32(16-18-33)24-7-5-4-6-8-24/h4-14,19H,3,15-18,20H2,1-2H3. The average Bonchev–Trinajstić information content (AvgIpc) is 3.44. The molecule has 0 spiro atoms. The number of ether oxygens (including phenoxy) is 2. The summed E-state index contributed by atoms with van der Waals surface area (Å²) in [7, 11) is 0. The quantitative estimate of drug-likeness (QED) is 0.344. The number of anilines is 1. The molecule has 1 aromatic heterocycles. The molecule has 8 nitrogen and oxygen atoms in total. The van der Waals surface area contributed by atoms with E-state index in [2.05, 4.69) is 27.2 Å². The van der Waals surface area contributed by atoms with Crippen LogP contribution < -0.4 is 14.4 Å². The van der Waals surface area contributed by atoms with Crippen LogP contribution in [0.25, 0.3) is 22.8 Å².